The average Bonchev–Trinajstić information content (AvgIpc) is 2.96. The van der Waals surface area contributed by atoms with Gasteiger partial charge in [-0.3, -0.25) is 9.97 Å². The van der Waals surface area contributed by atoms with Crippen LogP contribution in [0.2, 0.25) is 0 Å². The Balaban J connectivity index is 1.33. The van der Waals surface area contributed by atoms with E-state index in [2.05, 4.69) is 107 Å². The molecule has 0 radical (unpaired) electrons. The van der Waals surface area contributed by atoms with E-state index in [-0.39, 0.29) is 0 Å². The molecule has 2 aromatic heterocycles. The molecule has 0 amide bonds. The maximum atomic E-state index is 4.65. The first-order valence-corrected chi connectivity index (χ1v) is 12.2. The van der Waals surface area contributed by atoms with Gasteiger partial charge in [0.05, 0.1) is 11.4 Å². The Hall–Kier alpha value is -4.82. The normalized spacial score (nSPS) is 11.3. The van der Waals surface area contributed by atoms with Crippen molar-refractivity contribution < 1.29 is 0 Å². The Bertz CT molecular complexity index is 1850. The maximum absolute atomic E-state index is 4.65. The van der Waals surface area contributed by atoms with Gasteiger partial charge < -0.3 is 0 Å². The van der Waals surface area contributed by atoms with E-state index in [0.717, 1.165) is 22.5 Å². The Kier molecular flexibility index (Phi) is 4.82. The van der Waals surface area contributed by atoms with Crippen LogP contribution >= 0.6 is 0 Å². The third kappa shape index (κ3) is 3.52. The van der Waals surface area contributed by atoms with E-state index in [4.69, 9.17) is 0 Å². The van der Waals surface area contributed by atoms with Crippen LogP contribution in [0.3, 0.4) is 0 Å². The minimum absolute atomic E-state index is 0.880. The number of nitrogens with zero attached hydrogens (tertiary/aromatic N) is 2. The summed E-state index contributed by atoms with van der Waals surface area (Å²) in [5.74, 6) is 0. The summed E-state index contributed by atoms with van der Waals surface area (Å²) < 4.78 is 0. The van der Waals surface area contributed by atoms with Gasteiger partial charge in [0.2, 0.25) is 0 Å². The molecule has 0 N–H and O–H groups in total. The van der Waals surface area contributed by atoms with Crippen LogP contribution in [0.15, 0.2) is 134 Å². The van der Waals surface area contributed by atoms with Gasteiger partial charge in [0.25, 0.3) is 0 Å². The van der Waals surface area contributed by atoms with Crippen molar-refractivity contribution in [3.8, 4) is 33.6 Å². The monoisotopic (exact) mass is 458 g/mol. The molecule has 2 heterocycles. The van der Waals surface area contributed by atoms with Crippen molar-refractivity contribution in [1.82, 2.24) is 9.97 Å². The summed E-state index contributed by atoms with van der Waals surface area (Å²) in [6.07, 6.45) is 3.72. The van der Waals surface area contributed by atoms with Crippen molar-refractivity contribution in [3.05, 3.63) is 134 Å². The topological polar surface area (TPSA) is 25.8 Å². The summed E-state index contributed by atoms with van der Waals surface area (Å²) in [4.78, 5) is 9.05. The van der Waals surface area contributed by atoms with Crippen molar-refractivity contribution in [2.24, 2.45) is 0 Å². The summed E-state index contributed by atoms with van der Waals surface area (Å²) in [5.41, 5.74) is 6.47. The van der Waals surface area contributed by atoms with E-state index in [1.54, 1.807) is 6.20 Å². The molecule has 0 aliphatic carbocycles. The quantitative estimate of drug-likeness (QED) is 0.195. The van der Waals surface area contributed by atoms with Gasteiger partial charge in [-0.25, -0.2) is 0 Å². The predicted molar refractivity (Wildman–Crippen MR) is 151 cm³/mol. The van der Waals surface area contributed by atoms with Crippen LogP contribution in [0.25, 0.3) is 66.0 Å². The highest BCUT2D eigenvalue weighted by Gasteiger charge is 2.11. The first-order valence-electron chi connectivity index (χ1n) is 12.2. The van der Waals surface area contributed by atoms with Gasteiger partial charge in [0.15, 0.2) is 0 Å². The third-order valence-corrected chi connectivity index (χ3v) is 6.95. The molecule has 5 aromatic carbocycles. The highest BCUT2D eigenvalue weighted by Crippen LogP contribution is 2.38. The Morgan fingerprint density at radius 1 is 0.389 bits per heavy atom. The molecule has 2 heteroatoms. The van der Waals surface area contributed by atoms with Crippen molar-refractivity contribution in [2.45, 2.75) is 0 Å². The number of aromatic nitrogens is 2. The first-order chi connectivity index (χ1) is 17.8. The molecule has 2 nitrogen and oxygen atoms in total. The van der Waals surface area contributed by atoms with Gasteiger partial charge in [-0.1, -0.05) is 84.9 Å². The molecule has 0 spiro atoms. The molecular weight excluding hydrogens is 436 g/mol. The summed E-state index contributed by atoms with van der Waals surface area (Å²) in [6.45, 7) is 0. The summed E-state index contributed by atoms with van der Waals surface area (Å²) in [7, 11) is 0. The van der Waals surface area contributed by atoms with Crippen LogP contribution in [-0.2, 0) is 0 Å². The highest BCUT2D eigenvalue weighted by molar-refractivity contribution is 6.17. The summed E-state index contributed by atoms with van der Waals surface area (Å²) in [6, 6.07) is 43.1. The molecule has 36 heavy (non-hydrogen) atoms. The van der Waals surface area contributed by atoms with E-state index in [0.29, 0.717) is 0 Å². The van der Waals surface area contributed by atoms with E-state index < -0.39 is 0 Å². The summed E-state index contributed by atoms with van der Waals surface area (Å²) in [5, 5.41) is 7.65. The molecule has 7 rings (SSSR count). The number of rotatable bonds is 3. The second-order valence-corrected chi connectivity index (χ2v) is 9.11. The van der Waals surface area contributed by atoms with Gasteiger partial charge in [-0.05, 0) is 85.4 Å². The summed E-state index contributed by atoms with van der Waals surface area (Å²) >= 11 is 0. The Morgan fingerprint density at radius 2 is 1.03 bits per heavy atom. The fourth-order valence-electron chi connectivity index (χ4n) is 5.10. The van der Waals surface area contributed by atoms with Gasteiger partial charge in [0.1, 0.15) is 0 Å². The number of benzene rings is 5. The van der Waals surface area contributed by atoms with Gasteiger partial charge >= 0.3 is 0 Å². The fourth-order valence-corrected chi connectivity index (χ4v) is 5.10. The molecular formula is C34H22N2. The van der Waals surface area contributed by atoms with Crippen LogP contribution in [0.4, 0.5) is 0 Å². The fraction of sp³-hybridized carbons (Fsp3) is 0. The molecule has 7 aromatic rings. The third-order valence-electron chi connectivity index (χ3n) is 6.95. The Labute approximate surface area is 209 Å². The highest BCUT2D eigenvalue weighted by atomic mass is 14.8. The van der Waals surface area contributed by atoms with E-state index in [1.165, 1.54) is 43.4 Å². The number of hydrogen-bond acceptors (Lipinski definition) is 2. The zero-order valence-electron chi connectivity index (χ0n) is 19.6. The van der Waals surface area contributed by atoms with Crippen molar-refractivity contribution >= 4 is 32.3 Å². The van der Waals surface area contributed by atoms with Crippen LogP contribution in [0, 0.1) is 0 Å². The zero-order valence-corrected chi connectivity index (χ0v) is 19.6. The van der Waals surface area contributed by atoms with Crippen LogP contribution < -0.4 is 0 Å². The van der Waals surface area contributed by atoms with Crippen LogP contribution in [0.1, 0.15) is 0 Å². The molecule has 0 fully saturated rings. The second kappa shape index (κ2) is 8.44. The SMILES string of the molecule is c1ccc(-c2ccc(-c3ccc(-c4cc5ccccc5c5cc6ccccc6cc45)cc3)cn2)nc1. The molecule has 0 atom stereocenters. The standard InChI is InChI=1S/C34H22N2/c1-2-8-26-20-32-30(21-27-9-3-4-10-29(27)31(32)19-25(26)7-1)24-14-12-23(13-15-24)28-16-17-34(36-22-28)33-11-5-6-18-35-33/h1-22H. The predicted octanol–water partition coefficient (Wildman–Crippen LogP) is 8.94. The van der Waals surface area contributed by atoms with Crippen LogP contribution in [0.5, 0.6) is 0 Å². The first kappa shape index (κ1) is 20.5. The lowest BCUT2D eigenvalue weighted by Crippen LogP contribution is -1.88. The van der Waals surface area contributed by atoms with Crippen molar-refractivity contribution in [3.63, 3.8) is 0 Å². The smallest absolute Gasteiger partial charge is 0.0886 e. The minimum atomic E-state index is 0.880. The van der Waals surface area contributed by atoms with E-state index in [9.17, 15) is 0 Å². The Morgan fingerprint density at radius 3 is 1.75 bits per heavy atom. The van der Waals surface area contributed by atoms with Crippen LogP contribution in [-0.4, -0.2) is 9.97 Å². The molecule has 0 aliphatic rings. The van der Waals surface area contributed by atoms with Gasteiger partial charge in [0, 0.05) is 18.0 Å². The van der Waals surface area contributed by atoms with Crippen molar-refractivity contribution in [1.29, 1.82) is 0 Å². The molecule has 0 unspecified atom stereocenters. The van der Waals surface area contributed by atoms with E-state index in [1.807, 2.05) is 30.5 Å². The van der Waals surface area contributed by atoms with Gasteiger partial charge in [-0.2, -0.15) is 0 Å². The van der Waals surface area contributed by atoms with Crippen molar-refractivity contribution in [2.75, 3.05) is 0 Å². The molecule has 0 saturated heterocycles. The van der Waals surface area contributed by atoms with E-state index >= 15 is 0 Å². The maximum Gasteiger partial charge on any atom is 0.0886 e. The number of pyridine rings is 2. The minimum Gasteiger partial charge on any atom is -0.255 e. The average molecular weight is 459 g/mol. The lowest BCUT2D eigenvalue weighted by molar-refractivity contribution is 1.25. The second-order valence-electron chi connectivity index (χ2n) is 9.11. The zero-order chi connectivity index (χ0) is 23.9. The number of hydrogen-bond donors (Lipinski definition) is 0. The molecule has 0 saturated carbocycles. The number of fused-ring (bicyclic) bond motifs is 4. The molecule has 0 bridgehead atoms. The molecule has 168 valence electrons. The lowest BCUT2D eigenvalue weighted by Gasteiger charge is -2.13. The lowest BCUT2D eigenvalue weighted by atomic mass is 9.91. The largest absolute Gasteiger partial charge is 0.255 e. The molecule has 0 aliphatic heterocycles. The van der Waals surface area contributed by atoms with Gasteiger partial charge in [-0.15, -0.1) is 0 Å².